The van der Waals surface area contributed by atoms with Crippen molar-refractivity contribution in [2.45, 2.75) is 51.8 Å². The molecule has 0 unspecified atom stereocenters. The van der Waals surface area contributed by atoms with Crippen LogP contribution >= 0.6 is 0 Å². The molecular formula is C16H25NOSe. The number of para-hydroxylation sites is 1. The van der Waals surface area contributed by atoms with E-state index in [1.54, 1.807) is 6.92 Å². The van der Waals surface area contributed by atoms with Crippen LogP contribution in [0, 0.1) is 0 Å². The zero-order valence-electron chi connectivity index (χ0n) is 12.3. The van der Waals surface area contributed by atoms with Crippen molar-refractivity contribution in [1.82, 2.24) is 0 Å². The quantitative estimate of drug-likeness (QED) is 0.530. The van der Waals surface area contributed by atoms with Gasteiger partial charge in [0.25, 0.3) is 0 Å². The number of nitrogens with zero attached hydrogens (tertiary/aromatic N) is 1. The number of rotatable bonds is 8. The second kappa shape index (κ2) is 9.17. The Bertz CT molecular complexity index is 392. The van der Waals surface area contributed by atoms with Gasteiger partial charge in [-0.25, -0.2) is 0 Å². The molecule has 106 valence electrons. The van der Waals surface area contributed by atoms with Gasteiger partial charge in [-0.15, -0.1) is 0 Å². The van der Waals surface area contributed by atoms with E-state index in [0.717, 1.165) is 12.2 Å². The third-order valence-corrected chi connectivity index (χ3v) is 5.52. The van der Waals surface area contributed by atoms with Gasteiger partial charge < -0.3 is 0 Å². The van der Waals surface area contributed by atoms with E-state index in [1.807, 2.05) is 17.9 Å². The molecule has 0 aliphatic heterocycles. The summed E-state index contributed by atoms with van der Waals surface area (Å²) < 4.78 is 1.36. The van der Waals surface area contributed by atoms with Gasteiger partial charge in [-0.05, 0) is 0 Å². The summed E-state index contributed by atoms with van der Waals surface area (Å²) in [7, 11) is 0. The third-order valence-electron chi connectivity index (χ3n) is 3.11. The van der Waals surface area contributed by atoms with Crippen molar-refractivity contribution >= 4 is 31.0 Å². The number of unbranched alkanes of at least 4 members (excludes halogenated alkanes) is 3. The maximum absolute atomic E-state index is 11.7. The maximum atomic E-state index is 11.7. The van der Waals surface area contributed by atoms with Crippen LogP contribution in [0.2, 0.25) is 5.32 Å². The van der Waals surface area contributed by atoms with Crippen LogP contribution in [-0.2, 0) is 4.79 Å². The van der Waals surface area contributed by atoms with Gasteiger partial charge in [0.1, 0.15) is 0 Å². The Morgan fingerprint density at radius 2 is 1.89 bits per heavy atom. The predicted octanol–water partition coefficient (Wildman–Crippen LogP) is 3.39. The van der Waals surface area contributed by atoms with Gasteiger partial charge in [0.05, 0.1) is 0 Å². The molecule has 0 aliphatic carbocycles. The van der Waals surface area contributed by atoms with Crippen molar-refractivity contribution in [3.8, 4) is 0 Å². The van der Waals surface area contributed by atoms with Crippen molar-refractivity contribution in [3.05, 3.63) is 24.3 Å². The minimum absolute atomic E-state index is 0.136. The molecule has 0 bridgehead atoms. The van der Waals surface area contributed by atoms with Gasteiger partial charge in [-0.2, -0.15) is 0 Å². The van der Waals surface area contributed by atoms with Crippen LogP contribution in [0.25, 0.3) is 0 Å². The number of anilines is 1. The first kappa shape index (κ1) is 16.3. The topological polar surface area (TPSA) is 20.3 Å². The van der Waals surface area contributed by atoms with E-state index in [1.165, 1.54) is 35.5 Å². The molecule has 0 heterocycles. The van der Waals surface area contributed by atoms with Crippen molar-refractivity contribution in [2.24, 2.45) is 0 Å². The third kappa shape index (κ3) is 5.38. The van der Waals surface area contributed by atoms with Gasteiger partial charge in [0.15, 0.2) is 0 Å². The molecule has 0 saturated heterocycles. The molecule has 0 atom stereocenters. The number of amides is 1. The van der Waals surface area contributed by atoms with Gasteiger partial charge in [-0.3, -0.25) is 0 Å². The fourth-order valence-electron chi connectivity index (χ4n) is 2.08. The van der Waals surface area contributed by atoms with E-state index in [4.69, 9.17) is 0 Å². The molecule has 1 aromatic carbocycles. The molecule has 19 heavy (non-hydrogen) atoms. The first-order valence-corrected chi connectivity index (χ1v) is 9.27. The van der Waals surface area contributed by atoms with Crippen LogP contribution in [0.4, 0.5) is 5.69 Å². The number of benzene rings is 1. The molecule has 0 saturated carbocycles. The number of hydrogen-bond acceptors (Lipinski definition) is 1. The fourth-order valence-corrected chi connectivity index (χ4v) is 4.32. The van der Waals surface area contributed by atoms with Crippen LogP contribution in [0.5, 0.6) is 0 Å². The summed E-state index contributed by atoms with van der Waals surface area (Å²) in [4.78, 5) is 13.6. The molecule has 3 heteroatoms. The first-order chi connectivity index (χ1) is 9.20. The zero-order chi connectivity index (χ0) is 14.1. The van der Waals surface area contributed by atoms with Crippen LogP contribution < -0.4 is 9.36 Å². The Morgan fingerprint density at radius 1 is 1.16 bits per heavy atom. The first-order valence-electron chi connectivity index (χ1n) is 7.20. The Morgan fingerprint density at radius 3 is 2.53 bits per heavy atom. The van der Waals surface area contributed by atoms with Crippen LogP contribution in [0.1, 0.15) is 46.5 Å². The summed E-state index contributed by atoms with van der Waals surface area (Å²) in [6.07, 6.45) is 5.28. The van der Waals surface area contributed by atoms with Gasteiger partial charge in [0.2, 0.25) is 0 Å². The Balaban J connectivity index is 2.65. The van der Waals surface area contributed by atoms with Crippen LogP contribution in [0.15, 0.2) is 24.3 Å². The molecular weight excluding hydrogens is 301 g/mol. The van der Waals surface area contributed by atoms with E-state index in [-0.39, 0.29) is 5.91 Å². The summed E-state index contributed by atoms with van der Waals surface area (Å²) in [5.74, 6) is 0.136. The van der Waals surface area contributed by atoms with Crippen molar-refractivity contribution in [3.63, 3.8) is 0 Å². The van der Waals surface area contributed by atoms with Gasteiger partial charge >= 0.3 is 123 Å². The average Bonchev–Trinajstić information content (AvgIpc) is 2.40. The molecule has 0 radical (unpaired) electrons. The zero-order valence-corrected chi connectivity index (χ0v) is 14.0. The summed E-state index contributed by atoms with van der Waals surface area (Å²) in [5, 5.41) is 1.28. The Labute approximate surface area is 123 Å². The molecule has 0 N–H and O–H groups in total. The van der Waals surface area contributed by atoms with E-state index in [2.05, 4.69) is 25.1 Å². The number of hydrogen-bond donors (Lipinski definition) is 0. The predicted molar refractivity (Wildman–Crippen MR) is 84.5 cm³/mol. The molecule has 1 amide bonds. The standard InChI is InChI=1S/C16H25NOSe/c1-4-6-7-10-13-19-16-12-9-8-11-15(16)17(5-2)14(3)18/h8-9,11-12H,4-7,10,13H2,1-3H3. The Kier molecular flexibility index (Phi) is 7.85. The molecule has 0 fully saturated rings. The van der Waals surface area contributed by atoms with Gasteiger partial charge in [-0.1, -0.05) is 0 Å². The second-order valence-corrected chi connectivity index (χ2v) is 7.03. The second-order valence-electron chi connectivity index (χ2n) is 4.64. The summed E-state index contributed by atoms with van der Waals surface area (Å²) in [6.45, 7) is 6.67. The van der Waals surface area contributed by atoms with Gasteiger partial charge in [0, 0.05) is 0 Å². The van der Waals surface area contributed by atoms with E-state index in [9.17, 15) is 4.79 Å². The number of carbonyl (C=O) groups is 1. The summed E-state index contributed by atoms with van der Waals surface area (Å²) >= 11 is 0.479. The molecule has 2 nitrogen and oxygen atoms in total. The van der Waals surface area contributed by atoms with E-state index >= 15 is 0 Å². The van der Waals surface area contributed by atoms with Crippen molar-refractivity contribution in [2.75, 3.05) is 11.4 Å². The molecule has 0 spiro atoms. The molecule has 0 aliphatic rings. The summed E-state index contributed by atoms with van der Waals surface area (Å²) in [5.41, 5.74) is 1.12. The Hall–Kier alpha value is -0.791. The van der Waals surface area contributed by atoms with Crippen LogP contribution in [0.3, 0.4) is 0 Å². The normalized spacial score (nSPS) is 10.5. The molecule has 1 aromatic rings. The fraction of sp³-hybridized carbons (Fsp3) is 0.562. The minimum atomic E-state index is 0.136. The van der Waals surface area contributed by atoms with Crippen molar-refractivity contribution in [1.29, 1.82) is 0 Å². The average molecular weight is 326 g/mol. The van der Waals surface area contributed by atoms with E-state index < -0.39 is 0 Å². The monoisotopic (exact) mass is 327 g/mol. The van der Waals surface area contributed by atoms with E-state index in [0.29, 0.717) is 15.0 Å². The molecule has 0 aromatic heterocycles. The SMILES string of the molecule is CCCCCC[Se]c1ccccc1N(CC)C(C)=O. The van der Waals surface area contributed by atoms with Crippen molar-refractivity contribution < 1.29 is 4.79 Å². The molecule has 1 rings (SSSR count). The van der Waals surface area contributed by atoms with Crippen LogP contribution in [-0.4, -0.2) is 27.4 Å². The summed E-state index contributed by atoms with van der Waals surface area (Å²) in [6, 6.07) is 8.37. The number of carbonyl (C=O) groups excluding carboxylic acids is 1.